The molecule has 0 atom stereocenters. The van der Waals surface area contributed by atoms with Crippen molar-refractivity contribution in [2.24, 2.45) is 0 Å². The van der Waals surface area contributed by atoms with Crippen LogP contribution in [0.4, 0.5) is 17.2 Å². The number of H-pyrrole nitrogens is 1. The molecule has 4 rings (SSSR count). The number of benzene rings is 2. The Morgan fingerprint density at radius 2 is 1.69 bits per heavy atom. The average molecular weight is 342 g/mol. The lowest BCUT2D eigenvalue weighted by atomic mass is 10.1. The summed E-state index contributed by atoms with van der Waals surface area (Å²) < 4.78 is 0. The fraction of sp³-hybridized carbons (Fsp3) is 0.0476. The Labute approximate surface area is 151 Å². The van der Waals surface area contributed by atoms with Gasteiger partial charge in [-0.25, -0.2) is 4.98 Å². The normalized spacial score (nSPS) is 10.7. The van der Waals surface area contributed by atoms with Crippen LogP contribution in [0, 0.1) is 6.92 Å². The molecule has 26 heavy (non-hydrogen) atoms. The molecule has 4 aromatic rings. The van der Waals surface area contributed by atoms with Crippen molar-refractivity contribution in [3.05, 3.63) is 84.2 Å². The lowest BCUT2D eigenvalue weighted by molar-refractivity contribution is 0.102. The van der Waals surface area contributed by atoms with Gasteiger partial charge in [0.25, 0.3) is 5.91 Å². The maximum atomic E-state index is 12.7. The highest BCUT2D eigenvalue weighted by Gasteiger charge is 2.15. The Morgan fingerprint density at radius 3 is 2.46 bits per heavy atom. The van der Waals surface area contributed by atoms with Gasteiger partial charge in [-0.1, -0.05) is 36.4 Å². The summed E-state index contributed by atoms with van der Waals surface area (Å²) in [7, 11) is 0. The Morgan fingerprint density at radius 1 is 0.923 bits per heavy atom. The van der Waals surface area contributed by atoms with Crippen LogP contribution in [0.3, 0.4) is 0 Å². The molecule has 0 aliphatic heterocycles. The highest BCUT2D eigenvalue weighted by Crippen LogP contribution is 2.23. The number of aryl methyl sites for hydroxylation is 1. The predicted octanol–water partition coefficient (Wildman–Crippen LogP) is 4.87. The van der Waals surface area contributed by atoms with Gasteiger partial charge in [-0.15, -0.1) is 0 Å². The SMILES string of the molecule is Cc1[nH]c2ccccc2c1C(=O)Nc1ccc(Nc2ccccc2)nc1. The summed E-state index contributed by atoms with van der Waals surface area (Å²) in [6.45, 7) is 1.90. The molecule has 128 valence electrons. The first-order valence-corrected chi connectivity index (χ1v) is 8.37. The molecule has 2 aromatic heterocycles. The molecule has 0 radical (unpaired) electrons. The van der Waals surface area contributed by atoms with Gasteiger partial charge >= 0.3 is 0 Å². The third kappa shape index (κ3) is 3.15. The number of aromatic amines is 1. The number of nitrogens with one attached hydrogen (secondary N) is 3. The van der Waals surface area contributed by atoms with Crippen molar-refractivity contribution in [2.75, 3.05) is 10.6 Å². The molecule has 0 bridgehead atoms. The van der Waals surface area contributed by atoms with Gasteiger partial charge < -0.3 is 15.6 Å². The van der Waals surface area contributed by atoms with Crippen LogP contribution >= 0.6 is 0 Å². The van der Waals surface area contributed by atoms with Crippen LogP contribution in [-0.4, -0.2) is 15.9 Å². The number of rotatable bonds is 4. The number of hydrogen-bond acceptors (Lipinski definition) is 3. The fourth-order valence-electron chi connectivity index (χ4n) is 2.97. The highest BCUT2D eigenvalue weighted by molar-refractivity contribution is 6.13. The molecule has 0 aliphatic rings. The van der Waals surface area contributed by atoms with Gasteiger partial charge in [0.1, 0.15) is 5.82 Å². The second-order valence-corrected chi connectivity index (χ2v) is 6.05. The number of amides is 1. The maximum absolute atomic E-state index is 12.7. The molecule has 2 aromatic carbocycles. The second-order valence-electron chi connectivity index (χ2n) is 6.05. The summed E-state index contributed by atoms with van der Waals surface area (Å²) in [5.41, 5.74) is 4.08. The van der Waals surface area contributed by atoms with Gasteiger partial charge in [0, 0.05) is 22.3 Å². The zero-order chi connectivity index (χ0) is 17.9. The minimum Gasteiger partial charge on any atom is -0.358 e. The van der Waals surface area contributed by atoms with Gasteiger partial charge in [0.2, 0.25) is 0 Å². The summed E-state index contributed by atoms with van der Waals surface area (Å²) in [5, 5.41) is 7.05. The molecular formula is C21H18N4O. The van der Waals surface area contributed by atoms with Crippen molar-refractivity contribution in [1.29, 1.82) is 0 Å². The number of para-hydroxylation sites is 2. The van der Waals surface area contributed by atoms with E-state index in [1.54, 1.807) is 6.20 Å². The first-order valence-electron chi connectivity index (χ1n) is 8.37. The van der Waals surface area contributed by atoms with Gasteiger partial charge in [-0.2, -0.15) is 0 Å². The van der Waals surface area contributed by atoms with E-state index in [1.807, 2.05) is 73.7 Å². The smallest absolute Gasteiger partial charge is 0.258 e. The number of fused-ring (bicyclic) bond motifs is 1. The highest BCUT2D eigenvalue weighted by atomic mass is 16.1. The minimum absolute atomic E-state index is 0.148. The third-order valence-corrected chi connectivity index (χ3v) is 4.19. The van der Waals surface area contributed by atoms with E-state index in [2.05, 4.69) is 20.6 Å². The lowest BCUT2D eigenvalue weighted by Gasteiger charge is -2.08. The Balaban J connectivity index is 1.52. The van der Waals surface area contributed by atoms with E-state index in [-0.39, 0.29) is 5.91 Å². The molecular weight excluding hydrogens is 324 g/mol. The largest absolute Gasteiger partial charge is 0.358 e. The summed E-state index contributed by atoms with van der Waals surface area (Å²) >= 11 is 0. The number of anilines is 3. The summed E-state index contributed by atoms with van der Waals surface area (Å²) in [6, 6.07) is 21.3. The third-order valence-electron chi connectivity index (χ3n) is 4.19. The molecule has 0 saturated heterocycles. The van der Waals surface area contributed by atoms with Gasteiger partial charge in [-0.05, 0) is 37.3 Å². The number of carbonyl (C=O) groups is 1. The first-order chi connectivity index (χ1) is 12.7. The summed E-state index contributed by atoms with van der Waals surface area (Å²) in [5.74, 6) is 0.572. The molecule has 0 unspecified atom stereocenters. The van der Waals surface area contributed by atoms with Crippen LogP contribution in [0.5, 0.6) is 0 Å². The zero-order valence-electron chi connectivity index (χ0n) is 14.3. The molecule has 0 saturated carbocycles. The van der Waals surface area contributed by atoms with Gasteiger partial charge in [0.15, 0.2) is 0 Å². The number of carbonyl (C=O) groups excluding carboxylic acids is 1. The fourth-order valence-corrected chi connectivity index (χ4v) is 2.97. The van der Waals surface area contributed by atoms with Gasteiger partial charge in [-0.3, -0.25) is 4.79 Å². The Kier molecular flexibility index (Phi) is 4.11. The van der Waals surface area contributed by atoms with E-state index in [0.717, 1.165) is 28.1 Å². The van der Waals surface area contributed by atoms with Crippen molar-refractivity contribution >= 4 is 34.0 Å². The van der Waals surface area contributed by atoms with Gasteiger partial charge in [0.05, 0.1) is 17.4 Å². The van der Waals surface area contributed by atoms with Crippen molar-refractivity contribution in [2.45, 2.75) is 6.92 Å². The van der Waals surface area contributed by atoms with E-state index >= 15 is 0 Å². The quantitative estimate of drug-likeness (QED) is 0.496. The first kappa shape index (κ1) is 15.9. The standard InChI is InChI=1S/C21H18N4O/c1-14-20(17-9-5-6-10-18(17)23-14)21(26)25-16-11-12-19(22-13-16)24-15-7-3-2-4-8-15/h2-13,23H,1H3,(H,22,24)(H,25,26). The predicted molar refractivity (Wildman–Crippen MR) is 105 cm³/mol. The van der Waals surface area contributed by atoms with Crippen LogP contribution in [0.1, 0.15) is 16.1 Å². The average Bonchev–Trinajstić information content (AvgIpc) is 3.00. The topological polar surface area (TPSA) is 69.8 Å². The van der Waals surface area contributed by atoms with E-state index in [4.69, 9.17) is 0 Å². The summed E-state index contributed by atoms with van der Waals surface area (Å²) in [4.78, 5) is 20.3. The minimum atomic E-state index is -0.148. The maximum Gasteiger partial charge on any atom is 0.258 e. The molecule has 0 fully saturated rings. The monoisotopic (exact) mass is 342 g/mol. The zero-order valence-corrected chi connectivity index (χ0v) is 14.3. The van der Waals surface area contributed by atoms with E-state index < -0.39 is 0 Å². The number of pyridine rings is 1. The van der Waals surface area contributed by atoms with Crippen LogP contribution < -0.4 is 10.6 Å². The Hall–Kier alpha value is -3.60. The summed E-state index contributed by atoms with van der Waals surface area (Å²) in [6.07, 6.45) is 1.65. The second kappa shape index (κ2) is 6.72. The molecule has 0 aliphatic carbocycles. The van der Waals surface area contributed by atoms with Crippen molar-refractivity contribution < 1.29 is 4.79 Å². The van der Waals surface area contributed by atoms with Crippen molar-refractivity contribution in [1.82, 2.24) is 9.97 Å². The van der Waals surface area contributed by atoms with Crippen LogP contribution in [-0.2, 0) is 0 Å². The van der Waals surface area contributed by atoms with Crippen molar-refractivity contribution in [3.63, 3.8) is 0 Å². The molecule has 2 heterocycles. The van der Waals surface area contributed by atoms with Crippen molar-refractivity contribution in [3.8, 4) is 0 Å². The van der Waals surface area contributed by atoms with E-state index in [9.17, 15) is 4.79 Å². The van der Waals surface area contributed by atoms with Crippen LogP contribution in [0.25, 0.3) is 10.9 Å². The molecule has 0 spiro atoms. The van der Waals surface area contributed by atoms with Crippen LogP contribution in [0.2, 0.25) is 0 Å². The molecule has 5 heteroatoms. The molecule has 1 amide bonds. The number of nitrogens with zero attached hydrogens (tertiary/aromatic N) is 1. The molecule has 5 nitrogen and oxygen atoms in total. The van der Waals surface area contributed by atoms with E-state index in [1.165, 1.54) is 0 Å². The Bertz CT molecular complexity index is 1050. The number of aromatic nitrogens is 2. The lowest BCUT2D eigenvalue weighted by Crippen LogP contribution is -2.13. The number of hydrogen-bond donors (Lipinski definition) is 3. The molecule has 3 N–H and O–H groups in total. The van der Waals surface area contributed by atoms with Crippen LogP contribution in [0.15, 0.2) is 72.9 Å². The van der Waals surface area contributed by atoms with E-state index in [0.29, 0.717) is 11.3 Å².